The first-order valence-corrected chi connectivity index (χ1v) is 3.90. The first-order chi connectivity index (χ1) is 4.83. The fourth-order valence-electron chi connectivity index (χ4n) is 0.584. The molecular formula is C7H7IN2. The standard InChI is InChI=1S/C7H7IN2/c8-6-1-2-7(3-4-9)10-5-6/h1-5H,9H2. The lowest BCUT2D eigenvalue weighted by Crippen LogP contribution is -1.82. The summed E-state index contributed by atoms with van der Waals surface area (Å²) in [4.78, 5) is 4.09. The van der Waals surface area contributed by atoms with E-state index in [2.05, 4.69) is 27.6 Å². The molecule has 0 atom stereocenters. The van der Waals surface area contributed by atoms with Crippen molar-refractivity contribution in [2.75, 3.05) is 0 Å². The number of rotatable bonds is 1. The minimum absolute atomic E-state index is 0.892. The lowest BCUT2D eigenvalue weighted by Gasteiger charge is -1.90. The lowest BCUT2D eigenvalue weighted by molar-refractivity contribution is 1.27. The average molecular weight is 246 g/mol. The quantitative estimate of drug-likeness (QED) is 0.764. The number of nitrogens with two attached hydrogens (primary N) is 1. The average Bonchev–Trinajstić information content (AvgIpc) is 1.95. The summed E-state index contributed by atoms with van der Waals surface area (Å²) < 4.78 is 1.13. The maximum absolute atomic E-state index is 5.18. The molecule has 0 radical (unpaired) electrons. The number of nitrogens with zero attached hydrogens (tertiary/aromatic N) is 1. The van der Waals surface area contributed by atoms with Gasteiger partial charge in [-0.25, -0.2) is 0 Å². The molecule has 0 saturated carbocycles. The number of halogens is 1. The Balaban J connectivity index is 2.89. The van der Waals surface area contributed by atoms with Crippen LogP contribution in [0.5, 0.6) is 0 Å². The van der Waals surface area contributed by atoms with E-state index in [4.69, 9.17) is 5.73 Å². The molecule has 1 aromatic heterocycles. The third-order valence-electron chi connectivity index (χ3n) is 1.02. The minimum atomic E-state index is 0.892. The van der Waals surface area contributed by atoms with E-state index in [0.29, 0.717) is 0 Å². The van der Waals surface area contributed by atoms with Crippen molar-refractivity contribution in [3.05, 3.63) is 33.8 Å². The van der Waals surface area contributed by atoms with E-state index in [-0.39, 0.29) is 0 Å². The van der Waals surface area contributed by atoms with Crippen LogP contribution in [0.25, 0.3) is 6.08 Å². The van der Waals surface area contributed by atoms with Crippen molar-refractivity contribution in [3.63, 3.8) is 0 Å². The molecule has 0 amide bonds. The van der Waals surface area contributed by atoms with Gasteiger partial charge in [0.2, 0.25) is 0 Å². The second-order valence-corrected chi connectivity index (χ2v) is 3.01. The molecule has 0 aromatic carbocycles. The highest BCUT2D eigenvalue weighted by atomic mass is 127. The largest absolute Gasteiger partial charge is 0.405 e. The molecule has 1 rings (SSSR count). The van der Waals surface area contributed by atoms with Crippen LogP contribution >= 0.6 is 22.6 Å². The van der Waals surface area contributed by atoms with Crippen LogP contribution in [0.1, 0.15) is 5.69 Å². The van der Waals surface area contributed by atoms with Gasteiger partial charge >= 0.3 is 0 Å². The van der Waals surface area contributed by atoms with Crippen LogP contribution in [0.2, 0.25) is 0 Å². The van der Waals surface area contributed by atoms with E-state index in [9.17, 15) is 0 Å². The third kappa shape index (κ3) is 1.98. The second kappa shape index (κ2) is 3.55. The molecule has 2 nitrogen and oxygen atoms in total. The normalized spacial score (nSPS) is 10.5. The molecule has 1 aromatic rings. The predicted octanol–water partition coefficient (Wildman–Crippen LogP) is 1.62. The van der Waals surface area contributed by atoms with Crippen molar-refractivity contribution in [2.24, 2.45) is 5.73 Å². The molecule has 0 saturated heterocycles. The molecule has 0 aliphatic rings. The molecule has 10 heavy (non-hydrogen) atoms. The Morgan fingerprint density at radius 1 is 1.50 bits per heavy atom. The van der Waals surface area contributed by atoms with Gasteiger partial charge in [-0.05, 0) is 47.0 Å². The molecule has 0 fully saturated rings. The van der Waals surface area contributed by atoms with E-state index in [0.717, 1.165) is 9.26 Å². The summed E-state index contributed by atoms with van der Waals surface area (Å²) in [5, 5.41) is 0. The van der Waals surface area contributed by atoms with Crippen LogP contribution in [0.15, 0.2) is 24.5 Å². The number of aromatic nitrogens is 1. The highest BCUT2D eigenvalue weighted by Crippen LogP contribution is 2.03. The van der Waals surface area contributed by atoms with Gasteiger partial charge in [0, 0.05) is 9.77 Å². The summed E-state index contributed by atoms with van der Waals surface area (Å²) in [7, 11) is 0. The van der Waals surface area contributed by atoms with Crippen LogP contribution in [-0.4, -0.2) is 4.98 Å². The Kier molecular flexibility index (Phi) is 2.68. The van der Waals surface area contributed by atoms with Gasteiger partial charge in [-0.2, -0.15) is 0 Å². The van der Waals surface area contributed by atoms with Gasteiger partial charge in [0.05, 0.1) is 5.69 Å². The van der Waals surface area contributed by atoms with Gasteiger partial charge in [-0.15, -0.1) is 0 Å². The van der Waals surface area contributed by atoms with Gasteiger partial charge in [-0.1, -0.05) is 0 Å². The van der Waals surface area contributed by atoms with Crippen LogP contribution < -0.4 is 5.73 Å². The zero-order valence-electron chi connectivity index (χ0n) is 5.29. The van der Waals surface area contributed by atoms with E-state index >= 15 is 0 Å². The molecule has 0 aliphatic heterocycles. The molecule has 0 spiro atoms. The first kappa shape index (κ1) is 7.53. The lowest BCUT2D eigenvalue weighted by atomic mass is 10.3. The molecule has 1 heterocycles. The Morgan fingerprint density at radius 2 is 2.30 bits per heavy atom. The molecule has 3 heteroatoms. The Labute approximate surface area is 73.3 Å². The summed E-state index contributed by atoms with van der Waals surface area (Å²) in [5.74, 6) is 0. The summed E-state index contributed by atoms with van der Waals surface area (Å²) >= 11 is 2.21. The summed E-state index contributed by atoms with van der Waals surface area (Å²) in [6.45, 7) is 0. The van der Waals surface area contributed by atoms with Gasteiger partial charge in [0.25, 0.3) is 0 Å². The number of pyridine rings is 1. The maximum Gasteiger partial charge on any atom is 0.0644 e. The van der Waals surface area contributed by atoms with Gasteiger partial charge in [-0.3, -0.25) is 4.98 Å². The first-order valence-electron chi connectivity index (χ1n) is 2.83. The van der Waals surface area contributed by atoms with Crippen molar-refractivity contribution in [1.29, 1.82) is 0 Å². The minimum Gasteiger partial charge on any atom is -0.405 e. The smallest absolute Gasteiger partial charge is 0.0644 e. The van der Waals surface area contributed by atoms with E-state index in [1.807, 2.05) is 12.1 Å². The molecule has 52 valence electrons. The van der Waals surface area contributed by atoms with Crippen molar-refractivity contribution >= 4 is 28.7 Å². The monoisotopic (exact) mass is 246 g/mol. The fraction of sp³-hybridized carbons (Fsp3) is 0. The Hall–Kier alpha value is -0.580. The van der Waals surface area contributed by atoms with Crippen LogP contribution in [0.3, 0.4) is 0 Å². The predicted molar refractivity (Wildman–Crippen MR) is 50.2 cm³/mol. The summed E-state index contributed by atoms with van der Waals surface area (Å²) in [5.41, 5.74) is 6.07. The summed E-state index contributed by atoms with van der Waals surface area (Å²) in [6.07, 6.45) is 5.04. The Bertz CT molecular complexity index is 228. The zero-order chi connectivity index (χ0) is 7.40. The molecule has 0 unspecified atom stereocenters. The molecule has 0 aliphatic carbocycles. The van der Waals surface area contributed by atoms with Gasteiger partial charge in [0.1, 0.15) is 0 Å². The molecule has 2 N–H and O–H groups in total. The van der Waals surface area contributed by atoms with Crippen molar-refractivity contribution in [2.45, 2.75) is 0 Å². The third-order valence-corrected chi connectivity index (χ3v) is 1.66. The van der Waals surface area contributed by atoms with Crippen LogP contribution in [0, 0.1) is 3.57 Å². The second-order valence-electron chi connectivity index (χ2n) is 1.76. The van der Waals surface area contributed by atoms with E-state index in [1.54, 1.807) is 12.3 Å². The maximum atomic E-state index is 5.18. The zero-order valence-corrected chi connectivity index (χ0v) is 7.45. The van der Waals surface area contributed by atoms with E-state index < -0.39 is 0 Å². The highest BCUT2D eigenvalue weighted by molar-refractivity contribution is 14.1. The van der Waals surface area contributed by atoms with E-state index in [1.165, 1.54) is 6.20 Å². The summed E-state index contributed by atoms with van der Waals surface area (Å²) in [6, 6.07) is 3.91. The van der Waals surface area contributed by atoms with Crippen LogP contribution in [-0.2, 0) is 0 Å². The molecular weight excluding hydrogens is 239 g/mol. The number of hydrogen-bond acceptors (Lipinski definition) is 2. The van der Waals surface area contributed by atoms with Gasteiger partial charge in [0.15, 0.2) is 0 Å². The highest BCUT2D eigenvalue weighted by Gasteiger charge is 1.86. The van der Waals surface area contributed by atoms with Crippen LogP contribution in [0.4, 0.5) is 0 Å². The van der Waals surface area contributed by atoms with Crippen molar-refractivity contribution < 1.29 is 0 Å². The van der Waals surface area contributed by atoms with Gasteiger partial charge < -0.3 is 5.73 Å². The van der Waals surface area contributed by atoms with Crippen molar-refractivity contribution in [1.82, 2.24) is 4.98 Å². The number of hydrogen-bond donors (Lipinski definition) is 1. The Morgan fingerprint density at radius 3 is 2.80 bits per heavy atom. The SMILES string of the molecule is NC=Cc1ccc(I)cn1. The fourth-order valence-corrected chi connectivity index (χ4v) is 0.903. The molecule has 0 bridgehead atoms. The van der Waals surface area contributed by atoms with Crippen molar-refractivity contribution in [3.8, 4) is 0 Å². The topological polar surface area (TPSA) is 38.9 Å².